The van der Waals surface area contributed by atoms with Crippen molar-refractivity contribution in [3.63, 3.8) is 0 Å². The van der Waals surface area contributed by atoms with Crippen LogP contribution >= 0.6 is 11.8 Å². The van der Waals surface area contributed by atoms with Crippen LogP contribution < -0.4 is 10.9 Å². The number of aryl methyl sites for hydroxylation is 3. The first-order chi connectivity index (χ1) is 12.0. The van der Waals surface area contributed by atoms with Gasteiger partial charge in [0.25, 0.3) is 5.56 Å². The quantitative estimate of drug-likeness (QED) is 0.685. The number of hydrogen-bond acceptors (Lipinski definition) is 5. The molecule has 0 aliphatic carbocycles. The van der Waals surface area contributed by atoms with Gasteiger partial charge in [-0.2, -0.15) is 0 Å². The molecule has 0 aliphatic heterocycles. The highest BCUT2D eigenvalue weighted by molar-refractivity contribution is 7.99. The summed E-state index contributed by atoms with van der Waals surface area (Å²) in [5, 5.41) is 3.52. The number of nitrogens with one attached hydrogen (secondary N) is 2. The first-order valence-electron chi connectivity index (χ1n) is 7.93. The van der Waals surface area contributed by atoms with Crippen molar-refractivity contribution in [2.75, 3.05) is 11.1 Å². The predicted molar refractivity (Wildman–Crippen MR) is 99.1 cm³/mol. The van der Waals surface area contributed by atoms with Crippen molar-refractivity contribution in [2.24, 2.45) is 0 Å². The Kier molecular flexibility index (Phi) is 4.89. The highest BCUT2D eigenvalue weighted by Crippen LogP contribution is 2.22. The zero-order valence-electron chi connectivity index (χ0n) is 14.3. The highest BCUT2D eigenvalue weighted by atomic mass is 32.2. The van der Waals surface area contributed by atoms with E-state index in [9.17, 15) is 9.59 Å². The maximum absolute atomic E-state index is 12.3. The minimum absolute atomic E-state index is 0.117. The van der Waals surface area contributed by atoms with Gasteiger partial charge in [0.15, 0.2) is 16.3 Å². The lowest BCUT2D eigenvalue weighted by atomic mass is 10.1. The van der Waals surface area contributed by atoms with E-state index in [1.54, 1.807) is 0 Å². The average molecular weight is 357 g/mol. The van der Waals surface area contributed by atoms with Crippen LogP contribution in [-0.2, 0) is 11.3 Å². The van der Waals surface area contributed by atoms with Crippen LogP contribution in [0.15, 0.2) is 34.5 Å². The third-order valence-electron chi connectivity index (χ3n) is 3.81. The van der Waals surface area contributed by atoms with Gasteiger partial charge >= 0.3 is 0 Å². The Bertz CT molecular complexity index is 992. The number of aromatic amines is 1. The van der Waals surface area contributed by atoms with Gasteiger partial charge in [-0.15, -0.1) is 0 Å². The molecule has 0 radical (unpaired) electrons. The Morgan fingerprint density at radius 2 is 2.16 bits per heavy atom. The molecule has 2 heterocycles. The number of H-pyrrole nitrogens is 1. The van der Waals surface area contributed by atoms with Crippen molar-refractivity contribution in [2.45, 2.75) is 32.5 Å². The van der Waals surface area contributed by atoms with Gasteiger partial charge < -0.3 is 14.9 Å². The molecular weight excluding hydrogens is 338 g/mol. The number of carbonyl (C=O) groups excluding carboxylic acids is 1. The number of anilines is 1. The zero-order chi connectivity index (χ0) is 18.0. The largest absolute Gasteiger partial charge is 0.325 e. The van der Waals surface area contributed by atoms with Crippen LogP contribution in [0, 0.1) is 13.8 Å². The van der Waals surface area contributed by atoms with E-state index in [0.717, 1.165) is 16.8 Å². The summed E-state index contributed by atoms with van der Waals surface area (Å²) >= 11 is 1.29. The monoisotopic (exact) mass is 357 g/mol. The van der Waals surface area contributed by atoms with Crippen LogP contribution in [0.3, 0.4) is 0 Å². The Balaban J connectivity index is 1.75. The molecule has 0 aliphatic rings. The molecule has 1 amide bonds. The Hall–Kier alpha value is -2.61. The van der Waals surface area contributed by atoms with Gasteiger partial charge in [-0.25, -0.2) is 9.97 Å². The molecule has 2 N–H and O–H groups in total. The smallest absolute Gasteiger partial charge is 0.278 e. The van der Waals surface area contributed by atoms with E-state index in [2.05, 4.69) is 20.3 Å². The molecule has 0 spiro atoms. The van der Waals surface area contributed by atoms with Gasteiger partial charge in [0.1, 0.15) is 0 Å². The van der Waals surface area contributed by atoms with Crippen molar-refractivity contribution in [3.05, 3.63) is 46.0 Å². The van der Waals surface area contributed by atoms with Crippen LogP contribution in [0.1, 0.15) is 18.1 Å². The molecule has 2 aromatic heterocycles. The van der Waals surface area contributed by atoms with E-state index in [1.807, 2.05) is 43.5 Å². The van der Waals surface area contributed by atoms with E-state index in [1.165, 1.54) is 18.1 Å². The molecule has 0 fully saturated rings. The summed E-state index contributed by atoms with van der Waals surface area (Å²) in [7, 11) is 0. The molecular formula is C17H19N5O2S. The summed E-state index contributed by atoms with van der Waals surface area (Å²) in [5.41, 5.74) is 3.52. The van der Waals surface area contributed by atoms with Crippen molar-refractivity contribution in [1.82, 2.24) is 19.5 Å². The van der Waals surface area contributed by atoms with Gasteiger partial charge in [-0.3, -0.25) is 9.59 Å². The molecule has 0 saturated heterocycles. The van der Waals surface area contributed by atoms with Crippen LogP contribution in [0.25, 0.3) is 11.2 Å². The standard InChI is InChI=1S/C17H19N5O2S/c1-4-22-15-14(16(24)19-9-18-15)21-17(22)25-8-13(23)20-12-6-5-10(2)7-11(12)3/h5-7,9H,4,8H2,1-3H3,(H,20,23)(H,18,19,24). The number of thioether (sulfide) groups is 1. The molecule has 0 unspecified atom stereocenters. The minimum atomic E-state index is -0.279. The Morgan fingerprint density at radius 1 is 1.36 bits per heavy atom. The lowest BCUT2D eigenvalue weighted by Gasteiger charge is -2.09. The second-order valence-electron chi connectivity index (χ2n) is 5.70. The normalized spacial score (nSPS) is 11.0. The van der Waals surface area contributed by atoms with Gasteiger partial charge in [0.05, 0.1) is 12.1 Å². The van der Waals surface area contributed by atoms with E-state index >= 15 is 0 Å². The topological polar surface area (TPSA) is 92.7 Å². The average Bonchev–Trinajstić information content (AvgIpc) is 2.94. The van der Waals surface area contributed by atoms with Gasteiger partial charge in [-0.1, -0.05) is 29.5 Å². The molecule has 1 aromatic carbocycles. The first-order valence-corrected chi connectivity index (χ1v) is 8.92. The summed E-state index contributed by atoms with van der Waals surface area (Å²) < 4.78 is 1.83. The molecule has 130 valence electrons. The lowest BCUT2D eigenvalue weighted by Crippen LogP contribution is -2.15. The van der Waals surface area contributed by atoms with Crippen LogP contribution in [0.2, 0.25) is 0 Å². The molecule has 0 bridgehead atoms. The number of hydrogen-bond donors (Lipinski definition) is 2. The second kappa shape index (κ2) is 7.10. The molecule has 8 heteroatoms. The lowest BCUT2D eigenvalue weighted by molar-refractivity contribution is -0.113. The fraction of sp³-hybridized carbons (Fsp3) is 0.294. The number of rotatable bonds is 5. The number of nitrogens with zero attached hydrogens (tertiary/aromatic N) is 3. The third kappa shape index (κ3) is 3.58. The summed E-state index contributed by atoms with van der Waals surface area (Å²) in [5.74, 6) is 0.0858. The SMILES string of the molecule is CCn1c(SCC(=O)Nc2ccc(C)cc2C)nc2c(=O)[nH]cnc21. The number of amides is 1. The molecule has 0 saturated carbocycles. The summed E-state index contributed by atoms with van der Waals surface area (Å²) in [6, 6.07) is 5.89. The number of aromatic nitrogens is 4. The molecule has 3 rings (SSSR count). The van der Waals surface area contributed by atoms with Crippen molar-refractivity contribution in [1.29, 1.82) is 0 Å². The third-order valence-corrected chi connectivity index (χ3v) is 4.78. The Labute approximate surface area is 148 Å². The first kappa shape index (κ1) is 17.2. The fourth-order valence-electron chi connectivity index (χ4n) is 2.59. The number of fused-ring (bicyclic) bond motifs is 1. The predicted octanol–water partition coefficient (Wildman–Crippen LogP) is 2.49. The van der Waals surface area contributed by atoms with Crippen molar-refractivity contribution >= 4 is 34.5 Å². The maximum Gasteiger partial charge on any atom is 0.278 e. The molecule has 3 aromatic rings. The Morgan fingerprint density at radius 3 is 2.88 bits per heavy atom. The molecule has 7 nitrogen and oxygen atoms in total. The minimum Gasteiger partial charge on any atom is -0.325 e. The second-order valence-corrected chi connectivity index (χ2v) is 6.64. The fourth-order valence-corrected chi connectivity index (χ4v) is 3.45. The van der Waals surface area contributed by atoms with Crippen molar-refractivity contribution < 1.29 is 4.79 Å². The maximum atomic E-state index is 12.3. The van der Waals surface area contributed by atoms with E-state index in [0.29, 0.717) is 22.9 Å². The van der Waals surface area contributed by atoms with E-state index in [-0.39, 0.29) is 17.2 Å². The summed E-state index contributed by atoms with van der Waals surface area (Å²) in [4.78, 5) is 35.1. The van der Waals surface area contributed by atoms with Crippen molar-refractivity contribution in [3.8, 4) is 0 Å². The number of imidazole rings is 1. The van der Waals surface area contributed by atoms with E-state index < -0.39 is 0 Å². The van der Waals surface area contributed by atoms with Crippen LogP contribution in [0.4, 0.5) is 5.69 Å². The zero-order valence-corrected chi connectivity index (χ0v) is 15.1. The summed E-state index contributed by atoms with van der Waals surface area (Å²) in [6.07, 6.45) is 1.36. The van der Waals surface area contributed by atoms with Crippen LogP contribution in [0.5, 0.6) is 0 Å². The molecule has 0 atom stereocenters. The van der Waals surface area contributed by atoms with Gasteiger partial charge in [-0.05, 0) is 32.4 Å². The molecule has 25 heavy (non-hydrogen) atoms. The highest BCUT2D eigenvalue weighted by Gasteiger charge is 2.15. The number of benzene rings is 1. The number of carbonyl (C=O) groups is 1. The van der Waals surface area contributed by atoms with Crippen LogP contribution in [-0.4, -0.2) is 31.2 Å². The van der Waals surface area contributed by atoms with Gasteiger partial charge in [0.2, 0.25) is 5.91 Å². The summed E-state index contributed by atoms with van der Waals surface area (Å²) in [6.45, 7) is 6.54. The van der Waals surface area contributed by atoms with E-state index in [4.69, 9.17) is 0 Å². The van der Waals surface area contributed by atoms with Gasteiger partial charge in [0, 0.05) is 12.2 Å².